The molecule has 1 aliphatic carbocycles. The molecular formula is C7H11F. The molecule has 0 aromatic carbocycles. The largest absolute Gasteiger partial charge is 0.247 e. The van der Waals surface area contributed by atoms with Crippen LogP contribution in [0.5, 0.6) is 0 Å². The molecule has 0 saturated heterocycles. The molecule has 1 rings (SSSR count). The molecule has 0 aromatic heterocycles. The highest BCUT2D eigenvalue weighted by Gasteiger charge is 2.14. The van der Waals surface area contributed by atoms with Crippen LogP contribution in [0.3, 0.4) is 0 Å². The number of hydrogen-bond donors (Lipinski definition) is 0. The van der Waals surface area contributed by atoms with Crippen LogP contribution >= 0.6 is 0 Å². The van der Waals surface area contributed by atoms with Crippen molar-refractivity contribution in [2.75, 3.05) is 0 Å². The van der Waals surface area contributed by atoms with Crippen molar-refractivity contribution in [1.29, 1.82) is 0 Å². The Morgan fingerprint density at radius 2 is 2.38 bits per heavy atom. The molecule has 0 N–H and O–H groups in total. The Bertz CT molecular complexity index is 96.6. The molecule has 0 aliphatic heterocycles. The van der Waals surface area contributed by atoms with E-state index < -0.39 is 6.17 Å². The molecule has 8 heavy (non-hydrogen) atoms. The van der Waals surface area contributed by atoms with Crippen LogP contribution in [0.25, 0.3) is 0 Å². The van der Waals surface area contributed by atoms with Crippen LogP contribution < -0.4 is 0 Å². The summed E-state index contributed by atoms with van der Waals surface area (Å²) in [6, 6.07) is 0. The number of halogens is 1. The normalized spacial score (nSPS) is 37.8. The van der Waals surface area contributed by atoms with Crippen molar-refractivity contribution in [1.82, 2.24) is 0 Å². The van der Waals surface area contributed by atoms with Crippen LogP contribution in [0, 0.1) is 5.92 Å². The molecule has 1 aliphatic rings. The molecule has 0 radical (unpaired) electrons. The van der Waals surface area contributed by atoms with Crippen LogP contribution in [-0.4, -0.2) is 6.17 Å². The van der Waals surface area contributed by atoms with E-state index in [4.69, 9.17) is 0 Å². The van der Waals surface area contributed by atoms with Crippen molar-refractivity contribution in [3.8, 4) is 0 Å². The number of rotatable bonds is 0. The molecule has 0 amide bonds. The minimum absolute atomic E-state index is 0.156. The average Bonchev–Trinajstić information content (AvgIpc) is 1.77. The quantitative estimate of drug-likeness (QED) is 0.424. The summed E-state index contributed by atoms with van der Waals surface area (Å²) in [4.78, 5) is 0. The summed E-state index contributed by atoms with van der Waals surface area (Å²) in [7, 11) is 0. The van der Waals surface area contributed by atoms with Crippen LogP contribution in [0.2, 0.25) is 0 Å². The van der Waals surface area contributed by atoms with Crippen LogP contribution in [0.4, 0.5) is 4.39 Å². The first-order chi connectivity index (χ1) is 3.80. The fraction of sp³-hybridized carbons (Fsp3) is 0.714. The lowest BCUT2D eigenvalue weighted by Crippen LogP contribution is -2.12. The van der Waals surface area contributed by atoms with Gasteiger partial charge in [-0.15, -0.1) is 0 Å². The zero-order valence-electron chi connectivity index (χ0n) is 5.10. The summed E-state index contributed by atoms with van der Waals surface area (Å²) in [5.74, 6) is 0.156. The molecular weight excluding hydrogens is 103 g/mol. The summed E-state index contributed by atoms with van der Waals surface area (Å²) in [6.45, 7) is 1.92. The van der Waals surface area contributed by atoms with E-state index >= 15 is 0 Å². The van der Waals surface area contributed by atoms with Gasteiger partial charge in [-0.05, 0) is 12.8 Å². The van der Waals surface area contributed by atoms with Gasteiger partial charge in [0, 0.05) is 5.92 Å². The van der Waals surface area contributed by atoms with Crippen molar-refractivity contribution < 1.29 is 4.39 Å². The van der Waals surface area contributed by atoms with Gasteiger partial charge in [-0.3, -0.25) is 0 Å². The Hall–Kier alpha value is -0.330. The van der Waals surface area contributed by atoms with Gasteiger partial charge >= 0.3 is 0 Å². The third kappa shape index (κ3) is 1.09. The van der Waals surface area contributed by atoms with Gasteiger partial charge in [-0.25, -0.2) is 4.39 Å². The third-order valence-electron chi connectivity index (χ3n) is 1.62. The molecule has 2 atom stereocenters. The summed E-state index contributed by atoms with van der Waals surface area (Å²) in [5, 5.41) is 0. The lowest BCUT2D eigenvalue weighted by molar-refractivity contribution is 0.252. The van der Waals surface area contributed by atoms with Gasteiger partial charge in [0.15, 0.2) is 0 Å². The van der Waals surface area contributed by atoms with Crippen molar-refractivity contribution in [2.45, 2.75) is 25.9 Å². The number of alkyl halides is 1. The Kier molecular flexibility index (Phi) is 1.66. The standard InChI is InChI=1S/C7H11F/c1-6-4-2-3-5-7(6)8/h2,4,6-7H,3,5H2,1H3. The van der Waals surface area contributed by atoms with Gasteiger partial charge in [0.05, 0.1) is 0 Å². The molecule has 0 fully saturated rings. The number of allylic oxidation sites excluding steroid dienone is 2. The van der Waals surface area contributed by atoms with E-state index in [1.165, 1.54) is 0 Å². The second kappa shape index (κ2) is 2.29. The molecule has 0 spiro atoms. The summed E-state index contributed by atoms with van der Waals surface area (Å²) >= 11 is 0. The van der Waals surface area contributed by atoms with Crippen molar-refractivity contribution >= 4 is 0 Å². The van der Waals surface area contributed by atoms with Gasteiger partial charge in [0.25, 0.3) is 0 Å². The Morgan fingerprint density at radius 1 is 1.62 bits per heavy atom. The molecule has 0 nitrogen and oxygen atoms in total. The van der Waals surface area contributed by atoms with Crippen molar-refractivity contribution in [2.24, 2.45) is 5.92 Å². The first-order valence-corrected chi connectivity index (χ1v) is 3.11. The Balaban J connectivity index is 2.47. The average molecular weight is 114 g/mol. The monoisotopic (exact) mass is 114 g/mol. The molecule has 0 aromatic rings. The Labute approximate surface area is 49.4 Å². The summed E-state index contributed by atoms with van der Waals surface area (Å²) in [6.07, 6.45) is 5.07. The van der Waals surface area contributed by atoms with Gasteiger partial charge in [0.1, 0.15) is 6.17 Å². The lowest BCUT2D eigenvalue weighted by atomic mass is 9.96. The van der Waals surface area contributed by atoms with Crippen LogP contribution in [-0.2, 0) is 0 Å². The highest BCUT2D eigenvalue weighted by atomic mass is 19.1. The second-order valence-electron chi connectivity index (χ2n) is 2.38. The first-order valence-electron chi connectivity index (χ1n) is 3.11. The maximum absolute atomic E-state index is 12.5. The van der Waals surface area contributed by atoms with E-state index in [-0.39, 0.29) is 5.92 Å². The highest BCUT2D eigenvalue weighted by Crippen LogP contribution is 2.19. The molecule has 46 valence electrons. The van der Waals surface area contributed by atoms with Gasteiger partial charge in [-0.1, -0.05) is 19.1 Å². The van der Waals surface area contributed by atoms with Gasteiger partial charge in [0.2, 0.25) is 0 Å². The minimum atomic E-state index is -0.583. The fourth-order valence-electron chi connectivity index (χ4n) is 0.950. The van der Waals surface area contributed by atoms with E-state index in [1.54, 1.807) is 0 Å². The zero-order chi connectivity index (χ0) is 5.98. The predicted molar refractivity (Wildman–Crippen MR) is 32.4 cm³/mol. The molecule has 0 bridgehead atoms. The zero-order valence-corrected chi connectivity index (χ0v) is 5.10. The van der Waals surface area contributed by atoms with Crippen LogP contribution in [0.15, 0.2) is 12.2 Å². The predicted octanol–water partition coefficient (Wildman–Crippen LogP) is 2.31. The minimum Gasteiger partial charge on any atom is -0.247 e. The first kappa shape index (κ1) is 5.80. The van der Waals surface area contributed by atoms with Crippen molar-refractivity contribution in [3.63, 3.8) is 0 Å². The van der Waals surface area contributed by atoms with E-state index in [1.807, 2.05) is 13.0 Å². The third-order valence-corrected chi connectivity index (χ3v) is 1.62. The molecule has 2 unspecified atom stereocenters. The highest BCUT2D eigenvalue weighted by molar-refractivity contribution is 4.95. The van der Waals surface area contributed by atoms with Gasteiger partial charge < -0.3 is 0 Å². The van der Waals surface area contributed by atoms with Crippen LogP contribution in [0.1, 0.15) is 19.8 Å². The molecule has 0 heterocycles. The van der Waals surface area contributed by atoms with Gasteiger partial charge in [-0.2, -0.15) is 0 Å². The van der Waals surface area contributed by atoms with Crippen molar-refractivity contribution in [3.05, 3.63) is 12.2 Å². The van der Waals surface area contributed by atoms with E-state index in [0.717, 1.165) is 12.8 Å². The molecule has 0 saturated carbocycles. The lowest BCUT2D eigenvalue weighted by Gasteiger charge is -2.15. The summed E-state index contributed by atoms with van der Waals surface area (Å²) < 4.78 is 12.5. The fourth-order valence-corrected chi connectivity index (χ4v) is 0.950. The van der Waals surface area contributed by atoms with E-state index in [9.17, 15) is 4.39 Å². The molecule has 1 heteroatoms. The maximum atomic E-state index is 12.5. The Morgan fingerprint density at radius 3 is 2.75 bits per heavy atom. The summed E-state index contributed by atoms with van der Waals surface area (Å²) in [5.41, 5.74) is 0. The maximum Gasteiger partial charge on any atom is 0.106 e. The number of hydrogen-bond acceptors (Lipinski definition) is 0. The second-order valence-corrected chi connectivity index (χ2v) is 2.38. The van der Waals surface area contributed by atoms with E-state index in [2.05, 4.69) is 6.08 Å². The van der Waals surface area contributed by atoms with E-state index in [0.29, 0.717) is 0 Å². The smallest absolute Gasteiger partial charge is 0.106 e. The topological polar surface area (TPSA) is 0 Å². The SMILES string of the molecule is CC1C=CCCC1F.